The Kier molecular flexibility index (Phi) is 2.63. The van der Waals surface area contributed by atoms with Gasteiger partial charge in [0, 0.05) is 12.8 Å². The van der Waals surface area contributed by atoms with Crippen molar-refractivity contribution < 1.29 is 9.90 Å². The van der Waals surface area contributed by atoms with Gasteiger partial charge in [0.1, 0.15) is 5.78 Å². The second-order valence-electron chi connectivity index (χ2n) is 2.58. The number of Topliss-reactive ketones (excluding diaryl/α,β-unsaturated/α-hetero) is 1. The van der Waals surface area contributed by atoms with Crippen molar-refractivity contribution in [3.05, 3.63) is 11.6 Å². The van der Waals surface area contributed by atoms with E-state index < -0.39 is 0 Å². The molecule has 56 valence electrons. The van der Waals surface area contributed by atoms with Crippen LogP contribution < -0.4 is 0 Å². The molecule has 0 aliphatic heterocycles. The monoisotopic (exact) mass is 140 g/mol. The highest BCUT2D eigenvalue weighted by atomic mass is 16.2. The Balaban J connectivity index is 2.39. The van der Waals surface area contributed by atoms with Crippen molar-refractivity contribution in [1.82, 2.24) is 0 Å². The molecule has 1 N–H and O–H groups in total. The highest BCUT2D eigenvalue weighted by Crippen LogP contribution is 2.19. The third-order valence-corrected chi connectivity index (χ3v) is 1.83. The van der Waals surface area contributed by atoms with Gasteiger partial charge in [-0.3, -0.25) is 4.79 Å². The van der Waals surface area contributed by atoms with Crippen molar-refractivity contribution in [2.45, 2.75) is 25.7 Å². The van der Waals surface area contributed by atoms with E-state index >= 15 is 0 Å². The zero-order valence-electron chi connectivity index (χ0n) is 5.97. The largest absolute Gasteiger partial charge is 0.392 e. The highest BCUT2D eigenvalue weighted by Gasteiger charge is 2.11. The molecule has 1 aliphatic rings. The molecule has 0 bridgehead atoms. The van der Waals surface area contributed by atoms with Gasteiger partial charge < -0.3 is 5.11 Å². The van der Waals surface area contributed by atoms with Gasteiger partial charge in [-0.2, -0.15) is 0 Å². The Labute approximate surface area is 60.6 Å². The van der Waals surface area contributed by atoms with Crippen LogP contribution in [-0.4, -0.2) is 17.5 Å². The number of aliphatic hydroxyl groups excluding tert-OH is 1. The summed E-state index contributed by atoms with van der Waals surface area (Å²) in [4.78, 5) is 10.7. The second-order valence-corrected chi connectivity index (χ2v) is 2.58. The molecule has 1 rings (SSSR count). The van der Waals surface area contributed by atoms with Gasteiger partial charge in [-0.15, -0.1) is 0 Å². The standard InChI is InChI=1S/C8H12O2/c9-6-5-7-1-3-8(10)4-2-7/h5,9H,1-4,6H2. The van der Waals surface area contributed by atoms with E-state index in [-0.39, 0.29) is 6.61 Å². The number of hydrogen-bond donors (Lipinski definition) is 1. The molecular formula is C8H12O2. The Hall–Kier alpha value is -0.630. The summed E-state index contributed by atoms with van der Waals surface area (Å²) in [6.07, 6.45) is 4.88. The quantitative estimate of drug-likeness (QED) is 0.553. The van der Waals surface area contributed by atoms with Crippen molar-refractivity contribution >= 4 is 5.78 Å². The molecule has 1 aliphatic carbocycles. The molecule has 1 saturated carbocycles. The first kappa shape index (κ1) is 7.48. The average molecular weight is 140 g/mol. The van der Waals surface area contributed by atoms with Crippen LogP contribution >= 0.6 is 0 Å². The van der Waals surface area contributed by atoms with E-state index in [2.05, 4.69) is 0 Å². The van der Waals surface area contributed by atoms with Gasteiger partial charge in [0.15, 0.2) is 0 Å². The van der Waals surface area contributed by atoms with Gasteiger partial charge in [-0.05, 0) is 12.8 Å². The summed E-state index contributed by atoms with van der Waals surface area (Å²) < 4.78 is 0. The fourth-order valence-corrected chi connectivity index (χ4v) is 1.18. The number of rotatable bonds is 1. The van der Waals surface area contributed by atoms with E-state index in [1.807, 2.05) is 6.08 Å². The maximum atomic E-state index is 10.7. The molecule has 10 heavy (non-hydrogen) atoms. The van der Waals surface area contributed by atoms with Crippen LogP contribution in [0.15, 0.2) is 11.6 Å². The summed E-state index contributed by atoms with van der Waals surface area (Å²) >= 11 is 0. The molecule has 0 amide bonds. The molecular weight excluding hydrogens is 128 g/mol. The predicted octanol–water partition coefficient (Wildman–Crippen LogP) is 1.05. The fraction of sp³-hybridized carbons (Fsp3) is 0.625. The lowest BCUT2D eigenvalue weighted by atomic mass is 9.94. The van der Waals surface area contributed by atoms with E-state index in [9.17, 15) is 4.79 Å². The maximum Gasteiger partial charge on any atom is 0.133 e. The number of allylic oxidation sites excluding steroid dienone is 1. The van der Waals surface area contributed by atoms with Crippen LogP contribution in [0, 0.1) is 0 Å². The smallest absolute Gasteiger partial charge is 0.133 e. The maximum absolute atomic E-state index is 10.7. The second kappa shape index (κ2) is 3.52. The van der Waals surface area contributed by atoms with Crippen LogP contribution in [0.5, 0.6) is 0 Å². The number of hydrogen-bond acceptors (Lipinski definition) is 2. The van der Waals surface area contributed by atoms with Crippen LogP contribution in [0.3, 0.4) is 0 Å². The zero-order valence-corrected chi connectivity index (χ0v) is 5.97. The number of carbonyl (C=O) groups excluding carboxylic acids is 1. The number of carbonyl (C=O) groups is 1. The molecule has 0 aromatic rings. The van der Waals surface area contributed by atoms with Gasteiger partial charge in [0.2, 0.25) is 0 Å². The summed E-state index contributed by atoms with van der Waals surface area (Å²) in [7, 11) is 0. The summed E-state index contributed by atoms with van der Waals surface area (Å²) in [5.41, 5.74) is 1.24. The summed E-state index contributed by atoms with van der Waals surface area (Å²) in [6, 6.07) is 0. The molecule has 0 heterocycles. The highest BCUT2D eigenvalue weighted by molar-refractivity contribution is 5.80. The first-order valence-electron chi connectivity index (χ1n) is 3.63. The lowest BCUT2D eigenvalue weighted by molar-refractivity contribution is -0.119. The van der Waals surface area contributed by atoms with Gasteiger partial charge in [-0.1, -0.05) is 11.6 Å². The minimum absolute atomic E-state index is 0.115. The predicted molar refractivity (Wildman–Crippen MR) is 38.6 cm³/mol. The van der Waals surface area contributed by atoms with Crippen LogP contribution in [-0.2, 0) is 4.79 Å². The lowest BCUT2D eigenvalue weighted by Crippen LogP contribution is -2.06. The van der Waals surface area contributed by atoms with Gasteiger partial charge in [0.25, 0.3) is 0 Å². The summed E-state index contributed by atoms with van der Waals surface area (Å²) in [5.74, 6) is 0.357. The van der Waals surface area contributed by atoms with E-state index in [0.717, 1.165) is 12.8 Å². The van der Waals surface area contributed by atoms with Crippen LogP contribution in [0.1, 0.15) is 25.7 Å². The Morgan fingerprint density at radius 2 is 1.90 bits per heavy atom. The normalized spacial score (nSPS) is 19.3. The van der Waals surface area contributed by atoms with Crippen molar-refractivity contribution in [2.24, 2.45) is 0 Å². The third kappa shape index (κ3) is 1.95. The van der Waals surface area contributed by atoms with E-state index in [1.54, 1.807) is 0 Å². The first-order valence-corrected chi connectivity index (χ1v) is 3.63. The van der Waals surface area contributed by atoms with Crippen molar-refractivity contribution in [2.75, 3.05) is 6.61 Å². The number of ketones is 1. The molecule has 0 unspecified atom stereocenters. The third-order valence-electron chi connectivity index (χ3n) is 1.83. The molecule has 2 nitrogen and oxygen atoms in total. The molecule has 0 atom stereocenters. The molecule has 1 fully saturated rings. The van der Waals surface area contributed by atoms with Gasteiger partial charge in [0.05, 0.1) is 6.61 Å². The topological polar surface area (TPSA) is 37.3 Å². The van der Waals surface area contributed by atoms with E-state index in [0.29, 0.717) is 18.6 Å². The van der Waals surface area contributed by atoms with Crippen LogP contribution in [0.4, 0.5) is 0 Å². The Morgan fingerprint density at radius 3 is 2.40 bits per heavy atom. The Morgan fingerprint density at radius 1 is 1.30 bits per heavy atom. The molecule has 0 aromatic carbocycles. The molecule has 2 heteroatoms. The van der Waals surface area contributed by atoms with Crippen molar-refractivity contribution in [3.63, 3.8) is 0 Å². The Bertz CT molecular complexity index is 147. The lowest BCUT2D eigenvalue weighted by Gasteiger charge is -2.11. The summed E-state index contributed by atoms with van der Waals surface area (Å²) in [6.45, 7) is 0.115. The van der Waals surface area contributed by atoms with Crippen molar-refractivity contribution in [3.8, 4) is 0 Å². The van der Waals surface area contributed by atoms with Crippen molar-refractivity contribution in [1.29, 1.82) is 0 Å². The average Bonchev–Trinajstić information content (AvgIpc) is 1.95. The molecule has 0 spiro atoms. The summed E-state index contributed by atoms with van der Waals surface area (Å²) in [5, 5.41) is 8.52. The zero-order chi connectivity index (χ0) is 7.40. The van der Waals surface area contributed by atoms with E-state index in [4.69, 9.17) is 5.11 Å². The first-order chi connectivity index (χ1) is 4.83. The minimum atomic E-state index is 0.115. The van der Waals surface area contributed by atoms with Crippen LogP contribution in [0.2, 0.25) is 0 Å². The van der Waals surface area contributed by atoms with E-state index in [1.165, 1.54) is 5.57 Å². The molecule has 0 aromatic heterocycles. The SMILES string of the molecule is O=C1CCC(=CCO)CC1. The van der Waals surface area contributed by atoms with Crippen LogP contribution in [0.25, 0.3) is 0 Å². The molecule has 0 radical (unpaired) electrons. The van der Waals surface area contributed by atoms with Gasteiger partial charge >= 0.3 is 0 Å². The minimum Gasteiger partial charge on any atom is -0.392 e. The van der Waals surface area contributed by atoms with Gasteiger partial charge in [-0.25, -0.2) is 0 Å². The molecule has 0 saturated heterocycles. The number of aliphatic hydroxyl groups is 1. The fourth-order valence-electron chi connectivity index (χ4n) is 1.18.